The minimum atomic E-state index is -0.902. The van der Waals surface area contributed by atoms with Crippen molar-refractivity contribution in [2.45, 2.75) is 50.1 Å². The molecule has 4 rings (SSSR count). The molecular formula is C27H32N2O6. The van der Waals surface area contributed by atoms with Gasteiger partial charge < -0.3 is 24.8 Å². The zero-order chi connectivity index (χ0) is 24.8. The van der Waals surface area contributed by atoms with Crippen LogP contribution in [-0.4, -0.2) is 66.9 Å². The minimum Gasteiger partial charge on any atom is -0.481 e. The number of carbonyl (C=O) groups excluding carboxylic acids is 2. The van der Waals surface area contributed by atoms with E-state index in [4.69, 9.17) is 14.6 Å². The van der Waals surface area contributed by atoms with Crippen LogP contribution < -0.4 is 5.32 Å². The number of piperidine rings is 1. The number of nitrogens with zero attached hydrogens (tertiary/aromatic N) is 1. The van der Waals surface area contributed by atoms with Crippen molar-refractivity contribution in [2.75, 3.05) is 26.9 Å². The molecule has 1 aliphatic heterocycles. The van der Waals surface area contributed by atoms with E-state index in [1.54, 1.807) is 4.90 Å². The zero-order valence-corrected chi connectivity index (χ0v) is 19.9. The van der Waals surface area contributed by atoms with Gasteiger partial charge in [0.2, 0.25) is 5.91 Å². The Bertz CT molecular complexity index is 1030. The fraction of sp³-hybridized carbons (Fsp3) is 0.444. The number of fused-ring (bicyclic) bond motifs is 3. The molecule has 0 bridgehead atoms. The number of carboxylic acid groups (broad SMARTS) is 1. The third kappa shape index (κ3) is 5.65. The molecule has 2 atom stereocenters. The summed E-state index contributed by atoms with van der Waals surface area (Å²) in [5, 5.41) is 11.7. The highest BCUT2D eigenvalue weighted by atomic mass is 16.5. The van der Waals surface area contributed by atoms with E-state index >= 15 is 0 Å². The number of amides is 2. The number of hydrogen-bond donors (Lipinski definition) is 2. The summed E-state index contributed by atoms with van der Waals surface area (Å²) in [5.41, 5.74) is 4.50. The molecule has 1 aliphatic carbocycles. The Balaban J connectivity index is 1.40. The molecule has 35 heavy (non-hydrogen) atoms. The van der Waals surface area contributed by atoms with Gasteiger partial charge in [-0.05, 0) is 47.9 Å². The summed E-state index contributed by atoms with van der Waals surface area (Å²) < 4.78 is 10.8. The summed E-state index contributed by atoms with van der Waals surface area (Å²) in [6, 6.07) is 15.1. The van der Waals surface area contributed by atoms with E-state index in [9.17, 15) is 14.4 Å². The molecule has 2 aromatic rings. The monoisotopic (exact) mass is 480 g/mol. The lowest BCUT2D eigenvalue weighted by Gasteiger charge is -2.37. The van der Waals surface area contributed by atoms with Crippen LogP contribution in [0.1, 0.15) is 49.1 Å². The van der Waals surface area contributed by atoms with Gasteiger partial charge in [-0.2, -0.15) is 0 Å². The predicted octanol–water partition coefficient (Wildman–Crippen LogP) is 3.79. The first-order chi connectivity index (χ1) is 17.0. The van der Waals surface area contributed by atoms with Gasteiger partial charge >= 0.3 is 12.1 Å². The first-order valence-electron chi connectivity index (χ1n) is 12.1. The number of nitrogens with one attached hydrogen (secondary N) is 1. The number of alkyl carbamates (subject to hydrolysis) is 1. The van der Waals surface area contributed by atoms with Crippen LogP contribution in [0.25, 0.3) is 11.1 Å². The third-order valence-corrected chi connectivity index (χ3v) is 6.87. The van der Waals surface area contributed by atoms with Gasteiger partial charge in [-0.3, -0.25) is 9.59 Å². The maximum absolute atomic E-state index is 13.3. The lowest BCUT2D eigenvalue weighted by Crippen LogP contribution is -2.55. The molecule has 2 aliphatic rings. The Kier molecular flexibility index (Phi) is 8.02. The van der Waals surface area contributed by atoms with Crippen LogP contribution in [0.4, 0.5) is 4.79 Å². The fourth-order valence-corrected chi connectivity index (χ4v) is 5.20. The first-order valence-corrected chi connectivity index (χ1v) is 12.1. The molecule has 8 heteroatoms. The van der Waals surface area contributed by atoms with Gasteiger partial charge in [0.15, 0.2) is 0 Å². The molecule has 0 radical (unpaired) electrons. The van der Waals surface area contributed by atoms with Gasteiger partial charge in [-0.25, -0.2) is 4.79 Å². The van der Waals surface area contributed by atoms with Crippen molar-refractivity contribution in [3.63, 3.8) is 0 Å². The van der Waals surface area contributed by atoms with Crippen molar-refractivity contribution in [3.8, 4) is 11.1 Å². The number of ether oxygens (including phenoxy) is 2. The van der Waals surface area contributed by atoms with Crippen LogP contribution in [0.2, 0.25) is 0 Å². The highest BCUT2D eigenvalue weighted by Gasteiger charge is 2.34. The van der Waals surface area contributed by atoms with Gasteiger partial charge in [-0.1, -0.05) is 48.5 Å². The maximum atomic E-state index is 13.3. The van der Waals surface area contributed by atoms with E-state index in [-0.39, 0.29) is 37.5 Å². The van der Waals surface area contributed by atoms with Crippen LogP contribution in [0, 0.1) is 0 Å². The second-order valence-electron chi connectivity index (χ2n) is 9.09. The molecule has 2 amide bonds. The van der Waals surface area contributed by atoms with Crippen molar-refractivity contribution >= 4 is 18.0 Å². The Morgan fingerprint density at radius 1 is 1.06 bits per heavy atom. The number of carboxylic acids is 1. The Morgan fingerprint density at radius 2 is 1.71 bits per heavy atom. The predicted molar refractivity (Wildman–Crippen MR) is 130 cm³/mol. The van der Waals surface area contributed by atoms with E-state index in [1.807, 2.05) is 36.4 Å². The fourth-order valence-electron chi connectivity index (χ4n) is 5.20. The molecule has 1 heterocycles. The van der Waals surface area contributed by atoms with Gasteiger partial charge in [0.05, 0.1) is 6.61 Å². The molecule has 2 N–H and O–H groups in total. The number of methoxy groups -OCH3 is 1. The number of likely N-dealkylation sites (tertiary alicyclic amines) is 1. The van der Waals surface area contributed by atoms with E-state index in [1.165, 1.54) is 7.11 Å². The van der Waals surface area contributed by atoms with E-state index in [0.717, 1.165) is 41.5 Å². The highest BCUT2D eigenvalue weighted by Crippen LogP contribution is 2.44. The minimum absolute atomic E-state index is 0.00317. The van der Waals surface area contributed by atoms with Crippen molar-refractivity contribution < 1.29 is 29.0 Å². The number of carbonyl (C=O) groups is 3. The number of rotatable bonds is 9. The lowest BCUT2D eigenvalue weighted by molar-refractivity contribution is -0.141. The summed E-state index contributed by atoms with van der Waals surface area (Å²) in [4.78, 5) is 38.8. The zero-order valence-electron chi connectivity index (χ0n) is 19.9. The second-order valence-corrected chi connectivity index (χ2v) is 9.09. The second kappa shape index (κ2) is 11.4. The van der Waals surface area contributed by atoms with Crippen molar-refractivity contribution in [2.24, 2.45) is 0 Å². The van der Waals surface area contributed by atoms with E-state index in [2.05, 4.69) is 17.4 Å². The molecule has 1 saturated heterocycles. The smallest absolute Gasteiger partial charge is 0.407 e. The maximum Gasteiger partial charge on any atom is 0.407 e. The van der Waals surface area contributed by atoms with Crippen LogP contribution in [-0.2, 0) is 19.1 Å². The number of hydrogen-bond acceptors (Lipinski definition) is 5. The normalized spacial score (nSPS) is 17.9. The van der Waals surface area contributed by atoms with E-state index < -0.39 is 18.1 Å². The molecule has 186 valence electrons. The summed E-state index contributed by atoms with van der Waals surface area (Å²) in [6.07, 6.45) is 2.27. The topological polar surface area (TPSA) is 105 Å². The Labute approximate surface area is 205 Å². The molecule has 0 aromatic heterocycles. The summed E-state index contributed by atoms with van der Waals surface area (Å²) in [7, 11) is 1.47. The largest absolute Gasteiger partial charge is 0.481 e. The SMILES string of the molecule is COC[C@H](NC(=O)OCC1c2ccccc2-c2ccccc21)C(=O)N1CCCCC1CCC(=O)O. The summed E-state index contributed by atoms with van der Waals surface area (Å²) in [5.74, 6) is -1.23. The van der Waals surface area contributed by atoms with Gasteiger partial charge in [0, 0.05) is 32.0 Å². The average Bonchev–Trinajstić information content (AvgIpc) is 3.19. The molecule has 1 unspecified atom stereocenters. The molecule has 0 saturated carbocycles. The Morgan fingerprint density at radius 3 is 2.34 bits per heavy atom. The molecule has 2 aromatic carbocycles. The van der Waals surface area contributed by atoms with Gasteiger partial charge in [0.25, 0.3) is 0 Å². The quantitative estimate of drug-likeness (QED) is 0.566. The third-order valence-electron chi connectivity index (χ3n) is 6.87. The van der Waals surface area contributed by atoms with Gasteiger partial charge in [0.1, 0.15) is 12.6 Å². The number of benzene rings is 2. The standard InChI is InChI=1S/C27H32N2O6/c1-34-17-24(26(32)29-15-7-6-8-18(29)13-14-25(30)31)28-27(33)35-16-23-21-11-4-2-9-19(21)20-10-3-5-12-22(20)23/h2-5,9-12,18,23-24H,6-8,13-17H2,1H3,(H,28,33)(H,30,31)/t18?,24-/m0/s1. The average molecular weight is 481 g/mol. The summed E-state index contributed by atoms with van der Waals surface area (Å²) >= 11 is 0. The van der Waals surface area contributed by atoms with Crippen molar-refractivity contribution in [1.29, 1.82) is 0 Å². The van der Waals surface area contributed by atoms with Gasteiger partial charge in [-0.15, -0.1) is 0 Å². The van der Waals surface area contributed by atoms with Crippen molar-refractivity contribution in [3.05, 3.63) is 59.7 Å². The summed E-state index contributed by atoms with van der Waals surface area (Å²) in [6.45, 7) is 0.694. The van der Waals surface area contributed by atoms with Crippen LogP contribution >= 0.6 is 0 Å². The first kappa shape index (κ1) is 24.7. The molecule has 0 spiro atoms. The molecular weight excluding hydrogens is 448 g/mol. The molecule has 1 fully saturated rings. The lowest BCUT2D eigenvalue weighted by atomic mass is 9.97. The van der Waals surface area contributed by atoms with Crippen molar-refractivity contribution in [1.82, 2.24) is 10.2 Å². The van der Waals surface area contributed by atoms with Crippen LogP contribution in [0.15, 0.2) is 48.5 Å². The van der Waals surface area contributed by atoms with E-state index in [0.29, 0.717) is 13.0 Å². The number of aliphatic carboxylic acids is 1. The highest BCUT2D eigenvalue weighted by molar-refractivity contribution is 5.86. The molecule has 8 nitrogen and oxygen atoms in total. The van der Waals surface area contributed by atoms with Crippen LogP contribution in [0.3, 0.4) is 0 Å². The Hall–Kier alpha value is -3.39. The van der Waals surface area contributed by atoms with Crippen LogP contribution in [0.5, 0.6) is 0 Å².